The van der Waals surface area contributed by atoms with Crippen LogP contribution < -0.4 is 4.90 Å². The highest BCUT2D eigenvalue weighted by Crippen LogP contribution is 2.35. The largest absolute Gasteiger partial charge is 0.364 e. The van der Waals surface area contributed by atoms with Crippen LogP contribution in [0.4, 0.5) is 5.69 Å². The molecule has 0 spiro atoms. The summed E-state index contributed by atoms with van der Waals surface area (Å²) in [4.78, 5) is 5.19. The highest BCUT2D eigenvalue weighted by Gasteiger charge is 2.36. The number of fused-ring (bicyclic) bond motifs is 1. The van der Waals surface area contributed by atoms with Gasteiger partial charge in [0.1, 0.15) is 0 Å². The Balaban J connectivity index is 1.88. The molecule has 2 heterocycles. The fraction of sp³-hybridized carbons (Fsp3) is 0.600. The van der Waals surface area contributed by atoms with Gasteiger partial charge < -0.3 is 4.90 Å². The Morgan fingerprint density at radius 2 is 2.21 bits per heavy atom. The van der Waals surface area contributed by atoms with E-state index in [1.165, 1.54) is 38.0 Å². The van der Waals surface area contributed by atoms with Gasteiger partial charge >= 0.3 is 0 Å². The predicted octanol–water partition coefficient (Wildman–Crippen LogP) is 4.17. The molecular weight excluding hydrogens is 324 g/mol. The smallest absolute Gasteiger partial charge is 0.0650 e. The number of hydrogen-bond donors (Lipinski definition) is 0. The zero-order valence-electron chi connectivity index (χ0n) is 11.3. The van der Waals surface area contributed by atoms with Crippen molar-refractivity contribution in [2.75, 3.05) is 24.5 Å². The zero-order chi connectivity index (χ0) is 13.4. The quantitative estimate of drug-likeness (QED) is 0.795. The minimum atomic E-state index is 0.591. The summed E-state index contributed by atoms with van der Waals surface area (Å²) in [5.74, 6) is 0. The molecule has 1 aromatic carbocycles. The van der Waals surface area contributed by atoms with Crippen LogP contribution in [0, 0.1) is 0 Å². The molecule has 2 nitrogen and oxygen atoms in total. The molecule has 104 valence electrons. The van der Waals surface area contributed by atoms with Crippen molar-refractivity contribution in [1.29, 1.82) is 0 Å². The molecule has 2 aliphatic rings. The van der Waals surface area contributed by atoms with Gasteiger partial charge in [-0.25, -0.2) is 0 Å². The standard InChI is InChI=1S/C15H20BrClN2/c1-2-12-9-18-7-3-4-13(18)10-19(12)15-6-5-11(16)8-14(15)17/h5-6,8,12-13H,2-4,7,9-10H2,1H3. The van der Waals surface area contributed by atoms with Crippen molar-refractivity contribution in [2.45, 2.75) is 38.3 Å². The van der Waals surface area contributed by atoms with Crippen LogP contribution in [0.1, 0.15) is 26.2 Å². The number of hydrogen-bond acceptors (Lipinski definition) is 2. The molecule has 0 aromatic heterocycles. The van der Waals surface area contributed by atoms with Gasteiger partial charge in [-0.2, -0.15) is 0 Å². The minimum Gasteiger partial charge on any atom is -0.364 e. The van der Waals surface area contributed by atoms with E-state index in [1.807, 2.05) is 6.07 Å². The van der Waals surface area contributed by atoms with Crippen LogP contribution in [0.5, 0.6) is 0 Å². The first kappa shape index (κ1) is 13.7. The lowest BCUT2D eigenvalue weighted by Gasteiger charge is -2.45. The van der Waals surface area contributed by atoms with Gasteiger partial charge in [0.15, 0.2) is 0 Å². The topological polar surface area (TPSA) is 6.48 Å². The van der Waals surface area contributed by atoms with E-state index in [1.54, 1.807) is 0 Å². The van der Waals surface area contributed by atoms with Gasteiger partial charge in [0, 0.05) is 29.6 Å². The maximum Gasteiger partial charge on any atom is 0.0650 e. The number of anilines is 1. The van der Waals surface area contributed by atoms with E-state index in [9.17, 15) is 0 Å². The minimum absolute atomic E-state index is 0.591. The fourth-order valence-corrected chi connectivity index (χ4v) is 4.23. The molecule has 0 bridgehead atoms. The van der Waals surface area contributed by atoms with Crippen molar-refractivity contribution in [2.24, 2.45) is 0 Å². The molecule has 19 heavy (non-hydrogen) atoms. The Labute approximate surface area is 128 Å². The van der Waals surface area contributed by atoms with Gasteiger partial charge in [0.25, 0.3) is 0 Å². The van der Waals surface area contributed by atoms with E-state index in [-0.39, 0.29) is 0 Å². The highest BCUT2D eigenvalue weighted by molar-refractivity contribution is 9.10. The van der Waals surface area contributed by atoms with Crippen LogP contribution in [0.25, 0.3) is 0 Å². The Kier molecular flexibility index (Phi) is 4.06. The predicted molar refractivity (Wildman–Crippen MR) is 85.2 cm³/mol. The number of benzene rings is 1. The first-order chi connectivity index (χ1) is 9.19. The third-order valence-electron chi connectivity index (χ3n) is 4.48. The second-order valence-electron chi connectivity index (χ2n) is 5.60. The van der Waals surface area contributed by atoms with Gasteiger partial charge in [-0.1, -0.05) is 34.5 Å². The average molecular weight is 344 g/mol. The van der Waals surface area contributed by atoms with Crippen LogP contribution in [0.3, 0.4) is 0 Å². The van der Waals surface area contributed by atoms with Crippen LogP contribution in [-0.2, 0) is 0 Å². The average Bonchev–Trinajstić information content (AvgIpc) is 2.84. The Bertz CT molecular complexity index is 465. The summed E-state index contributed by atoms with van der Waals surface area (Å²) < 4.78 is 1.05. The van der Waals surface area contributed by atoms with E-state index in [4.69, 9.17) is 11.6 Å². The summed E-state index contributed by atoms with van der Waals surface area (Å²) in [7, 11) is 0. The monoisotopic (exact) mass is 342 g/mol. The van der Waals surface area contributed by atoms with Gasteiger partial charge in [-0.15, -0.1) is 0 Å². The van der Waals surface area contributed by atoms with E-state index in [0.717, 1.165) is 22.1 Å². The van der Waals surface area contributed by atoms with Crippen molar-refractivity contribution < 1.29 is 0 Å². The van der Waals surface area contributed by atoms with Crippen LogP contribution in [0.2, 0.25) is 5.02 Å². The Morgan fingerprint density at radius 3 is 2.95 bits per heavy atom. The van der Waals surface area contributed by atoms with E-state index < -0.39 is 0 Å². The van der Waals surface area contributed by atoms with Gasteiger partial charge in [0.05, 0.1) is 10.7 Å². The SMILES string of the molecule is CCC1CN2CCCC2CN1c1ccc(Br)cc1Cl. The maximum absolute atomic E-state index is 6.44. The number of nitrogens with zero attached hydrogens (tertiary/aromatic N) is 2. The molecule has 1 aromatic rings. The summed E-state index contributed by atoms with van der Waals surface area (Å²) in [6.07, 6.45) is 3.86. The zero-order valence-corrected chi connectivity index (χ0v) is 13.6. The molecule has 3 rings (SSSR count). The summed E-state index contributed by atoms with van der Waals surface area (Å²) in [6, 6.07) is 7.56. The summed E-state index contributed by atoms with van der Waals surface area (Å²) >= 11 is 9.93. The van der Waals surface area contributed by atoms with Crippen LogP contribution >= 0.6 is 27.5 Å². The van der Waals surface area contributed by atoms with Crippen molar-refractivity contribution in [3.63, 3.8) is 0 Å². The number of rotatable bonds is 2. The van der Waals surface area contributed by atoms with Crippen molar-refractivity contribution >= 4 is 33.2 Å². The Morgan fingerprint density at radius 1 is 1.37 bits per heavy atom. The van der Waals surface area contributed by atoms with Crippen LogP contribution in [-0.4, -0.2) is 36.6 Å². The molecule has 2 fully saturated rings. The maximum atomic E-state index is 6.44. The van der Waals surface area contributed by atoms with E-state index in [0.29, 0.717) is 6.04 Å². The number of piperazine rings is 1. The van der Waals surface area contributed by atoms with E-state index in [2.05, 4.69) is 44.8 Å². The van der Waals surface area contributed by atoms with Gasteiger partial charge in [-0.3, -0.25) is 4.90 Å². The van der Waals surface area contributed by atoms with E-state index >= 15 is 0 Å². The summed E-state index contributed by atoms with van der Waals surface area (Å²) in [6.45, 7) is 5.87. The fourth-order valence-electron chi connectivity index (χ4n) is 3.45. The third kappa shape index (κ3) is 2.65. The van der Waals surface area contributed by atoms with Gasteiger partial charge in [0.2, 0.25) is 0 Å². The molecule has 0 radical (unpaired) electrons. The molecule has 2 saturated heterocycles. The lowest BCUT2D eigenvalue weighted by Crippen LogP contribution is -2.56. The van der Waals surface area contributed by atoms with Gasteiger partial charge in [-0.05, 0) is 44.0 Å². The summed E-state index contributed by atoms with van der Waals surface area (Å²) in [5.41, 5.74) is 1.20. The molecule has 0 aliphatic carbocycles. The molecule has 2 aliphatic heterocycles. The molecular formula is C15H20BrClN2. The number of halogens is 2. The van der Waals surface area contributed by atoms with Crippen molar-refractivity contribution in [3.8, 4) is 0 Å². The molecule has 2 atom stereocenters. The summed E-state index contributed by atoms with van der Waals surface area (Å²) in [5, 5.41) is 0.860. The van der Waals surface area contributed by atoms with Crippen molar-refractivity contribution in [3.05, 3.63) is 27.7 Å². The molecule has 4 heteroatoms. The second kappa shape index (κ2) is 5.63. The van der Waals surface area contributed by atoms with Crippen molar-refractivity contribution in [1.82, 2.24) is 4.90 Å². The molecule has 0 amide bonds. The second-order valence-corrected chi connectivity index (χ2v) is 6.92. The Hall–Kier alpha value is -0.250. The normalized spacial score (nSPS) is 27.6. The lowest BCUT2D eigenvalue weighted by atomic mass is 10.0. The van der Waals surface area contributed by atoms with Crippen LogP contribution in [0.15, 0.2) is 22.7 Å². The lowest BCUT2D eigenvalue weighted by molar-refractivity contribution is 0.195. The molecule has 0 saturated carbocycles. The first-order valence-electron chi connectivity index (χ1n) is 7.14. The third-order valence-corrected chi connectivity index (χ3v) is 5.28. The molecule has 2 unspecified atom stereocenters. The highest BCUT2D eigenvalue weighted by atomic mass is 79.9. The first-order valence-corrected chi connectivity index (χ1v) is 8.32. The molecule has 0 N–H and O–H groups in total.